The summed E-state index contributed by atoms with van der Waals surface area (Å²) in [4.78, 5) is 22.3. The molecule has 1 fully saturated rings. The Morgan fingerprint density at radius 2 is 2.23 bits per heavy atom. The average molecular weight is 306 g/mol. The van der Waals surface area contributed by atoms with E-state index in [-0.39, 0.29) is 18.0 Å². The first-order chi connectivity index (χ1) is 10.6. The average Bonchev–Trinajstić information content (AvgIpc) is 2.55. The summed E-state index contributed by atoms with van der Waals surface area (Å²) in [5, 5.41) is 0. The van der Waals surface area contributed by atoms with Gasteiger partial charge >= 0.3 is 5.97 Å². The number of nitrogen functional groups attached to an aromatic ring is 1. The Labute approximate surface area is 129 Å². The van der Waals surface area contributed by atoms with E-state index < -0.39 is 5.60 Å². The number of hydrogen-bond acceptors (Lipinski definition) is 7. The summed E-state index contributed by atoms with van der Waals surface area (Å²) < 4.78 is 10.9. The van der Waals surface area contributed by atoms with Crippen LogP contribution in [0, 0.1) is 0 Å². The van der Waals surface area contributed by atoms with Crippen molar-refractivity contribution in [3.63, 3.8) is 0 Å². The zero-order chi connectivity index (χ0) is 15.7. The number of ether oxygens (including phenoxy) is 2. The number of likely N-dealkylation sites (tertiary alicyclic amines) is 1. The van der Waals surface area contributed by atoms with E-state index in [9.17, 15) is 4.79 Å². The molecule has 0 bridgehead atoms. The van der Waals surface area contributed by atoms with Crippen molar-refractivity contribution in [2.75, 3.05) is 32.5 Å². The monoisotopic (exact) mass is 306 g/mol. The third-order valence-electron chi connectivity index (χ3n) is 4.76. The van der Waals surface area contributed by atoms with Crippen LogP contribution in [-0.2, 0) is 26.3 Å². The predicted octanol–water partition coefficient (Wildman–Crippen LogP) is 0.484. The fraction of sp³-hybridized carbons (Fsp3) is 0.667. The maximum atomic E-state index is 11.7. The van der Waals surface area contributed by atoms with Crippen molar-refractivity contribution >= 4 is 11.9 Å². The van der Waals surface area contributed by atoms with Crippen LogP contribution in [0.25, 0.3) is 0 Å². The van der Waals surface area contributed by atoms with Gasteiger partial charge in [-0.25, -0.2) is 9.97 Å². The van der Waals surface area contributed by atoms with E-state index in [1.54, 1.807) is 0 Å². The highest BCUT2D eigenvalue weighted by Gasteiger charge is 2.43. The van der Waals surface area contributed by atoms with Gasteiger partial charge in [0.1, 0.15) is 11.6 Å². The minimum atomic E-state index is -0.392. The lowest BCUT2D eigenvalue weighted by molar-refractivity contribution is -0.150. The number of nitrogens with zero attached hydrogens (tertiary/aromatic N) is 3. The summed E-state index contributed by atoms with van der Waals surface area (Å²) in [5.41, 5.74) is 7.41. The van der Waals surface area contributed by atoms with Crippen molar-refractivity contribution in [2.45, 2.75) is 37.8 Å². The van der Waals surface area contributed by atoms with Crippen LogP contribution >= 0.6 is 0 Å². The molecule has 2 aliphatic heterocycles. The van der Waals surface area contributed by atoms with Crippen LogP contribution in [0.4, 0.5) is 5.95 Å². The molecule has 0 aromatic carbocycles. The first-order valence-electron chi connectivity index (χ1n) is 7.63. The number of hydrogen-bond donors (Lipinski definition) is 1. The number of fused-ring (bicyclic) bond motifs is 2. The Hall–Kier alpha value is -1.73. The maximum Gasteiger partial charge on any atom is 0.322 e. The minimum absolute atomic E-state index is 0.201. The molecule has 7 nitrogen and oxygen atoms in total. The molecule has 1 aromatic rings. The molecule has 1 unspecified atom stereocenters. The normalized spacial score (nSPS) is 22.1. The van der Waals surface area contributed by atoms with E-state index in [0.29, 0.717) is 6.61 Å². The number of aromatic nitrogens is 2. The van der Waals surface area contributed by atoms with Crippen molar-refractivity contribution in [1.82, 2.24) is 14.9 Å². The summed E-state index contributed by atoms with van der Waals surface area (Å²) in [6.45, 7) is 4.08. The molecule has 1 spiro atoms. The van der Waals surface area contributed by atoms with Crippen molar-refractivity contribution in [3.05, 3.63) is 17.5 Å². The van der Waals surface area contributed by atoms with Crippen molar-refractivity contribution < 1.29 is 14.3 Å². The van der Waals surface area contributed by atoms with Gasteiger partial charge in [0.25, 0.3) is 0 Å². The number of carbonyl (C=O) groups excluding carboxylic acids is 1. The fourth-order valence-corrected chi connectivity index (χ4v) is 3.40. The number of anilines is 1. The highest BCUT2D eigenvalue weighted by atomic mass is 16.5. The highest BCUT2D eigenvalue weighted by molar-refractivity contribution is 5.75. The second-order valence-corrected chi connectivity index (χ2v) is 5.93. The molecule has 0 amide bonds. The molecule has 2 aliphatic rings. The van der Waals surface area contributed by atoms with Gasteiger partial charge in [-0.05, 0) is 31.7 Å². The molecule has 0 aliphatic carbocycles. The van der Waals surface area contributed by atoms with Gasteiger partial charge < -0.3 is 15.2 Å². The molecular formula is C15H22N4O3. The van der Waals surface area contributed by atoms with Crippen molar-refractivity contribution in [1.29, 1.82) is 0 Å². The van der Waals surface area contributed by atoms with Gasteiger partial charge in [0.15, 0.2) is 0 Å². The number of methoxy groups -OCH3 is 1. The van der Waals surface area contributed by atoms with Crippen LogP contribution in [-0.4, -0.2) is 53.7 Å². The van der Waals surface area contributed by atoms with E-state index in [1.165, 1.54) is 7.11 Å². The second kappa shape index (κ2) is 5.81. The van der Waals surface area contributed by atoms with Gasteiger partial charge in [-0.1, -0.05) is 0 Å². The van der Waals surface area contributed by atoms with Crippen LogP contribution in [0.3, 0.4) is 0 Å². The van der Waals surface area contributed by atoms with Crippen molar-refractivity contribution in [3.8, 4) is 0 Å². The van der Waals surface area contributed by atoms with E-state index in [0.717, 1.165) is 43.6 Å². The topological polar surface area (TPSA) is 90.6 Å². The Morgan fingerprint density at radius 3 is 2.91 bits per heavy atom. The molecule has 3 heterocycles. The molecule has 120 valence electrons. The van der Waals surface area contributed by atoms with Crippen LogP contribution in [0.1, 0.15) is 31.0 Å². The quantitative estimate of drug-likeness (QED) is 0.795. The molecule has 1 saturated heterocycles. The van der Waals surface area contributed by atoms with Crippen LogP contribution in [0.15, 0.2) is 6.20 Å². The molecule has 1 aromatic heterocycles. The third-order valence-corrected chi connectivity index (χ3v) is 4.76. The summed E-state index contributed by atoms with van der Waals surface area (Å²) >= 11 is 0. The smallest absolute Gasteiger partial charge is 0.322 e. The molecule has 0 radical (unpaired) electrons. The zero-order valence-corrected chi connectivity index (χ0v) is 13.0. The Balaban J connectivity index is 1.79. The summed E-state index contributed by atoms with van der Waals surface area (Å²) in [5.74, 6) is 0.0847. The second-order valence-electron chi connectivity index (χ2n) is 5.93. The number of rotatable bonds is 2. The van der Waals surface area contributed by atoms with Gasteiger partial charge in [-0.2, -0.15) is 0 Å². The van der Waals surface area contributed by atoms with Crippen molar-refractivity contribution in [2.24, 2.45) is 0 Å². The SMILES string of the molecule is COC(=O)C(C)N1CCC2(CC1)OCCc1cnc(N)nc12. The molecule has 0 saturated carbocycles. The summed E-state index contributed by atoms with van der Waals surface area (Å²) in [6.07, 6.45) is 4.21. The Kier molecular flexibility index (Phi) is 4.01. The number of esters is 1. The lowest BCUT2D eigenvalue weighted by atomic mass is 9.83. The standard InChI is InChI=1S/C15H22N4O3/c1-10(13(20)21-2)19-6-4-15(5-7-19)12-11(3-8-22-15)9-17-14(16)18-12/h9-10H,3-8H2,1-2H3,(H2,16,17,18). The fourth-order valence-electron chi connectivity index (χ4n) is 3.40. The van der Waals surface area contributed by atoms with Gasteiger partial charge in [-0.15, -0.1) is 0 Å². The Bertz CT molecular complexity index is 570. The van der Waals surface area contributed by atoms with Crippen LogP contribution in [0.2, 0.25) is 0 Å². The maximum absolute atomic E-state index is 11.7. The molecule has 22 heavy (non-hydrogen) atoms. The number of nitrogens with two attached hydrogens (primary N) is 1. The molecule has 3 rings (SSSR count). The third kappa shape index (κ3) is 2.55. The molecule has 2 N–H and O–H groups in total. The largest absolute Gasteiger partial charge is 0.468 e. The minimum Gasteiger partial charge on any atom is -0.468 e. The predicted molar refractivity (Wildman–Crippen MR) is 80.1 cm³/mol. The Morgan fingerprint density at radius 1 is 1.50 bits per heavy atom. The van der Waals surface area contributed by atoms with E-state index in [4.69, 9.17) is 15.2 Å². The first kappa shape index (κ1) is 15.2. The van der Waals surface area contributed by atoms with Gasteiger partial charge in [-0.3, -0.25) is 9.69 Å². The van der Waals surface area contributed by atoms with E-state index in [2.05, 4.69) is 14.9 Å². The van der Waals surface area contributed by atoms with E-state index in [1.807, 2.05) is 13.1 Å². The molecule has 7 heteroatoms. The van der Waals surface area contributed by atoms with Crippen LogP contribution in [0.5, 0.6) is 0 Å². The zero-order valence-electron chi connectivity index (χ0n) is 13.0. The number of carbonyl (C=O) groups is 1. The first-order valence-corrected chi connectivity index (χ1v) is 7.63. The highest BCUT2D eigenvalue weighted by Crippen LogP contribution is 2.40. The number of piperidine rings is 1. The molecular weight excluding hydrogens is 284 g/mol. The summed E-state index contributed by atoms with van der Waals surface area (Å²) in [6, 6.07) is -0.235. The lowest BCUT2D eigenvalue weighted by Gasteiger charge is -2.45. The van der Waals surface area contributed by atoms with Gasteiger partial charge in [0.05, 0.1) is 19.4 Å². The van der Waals surface area contributed by atoms with Crippen LogP contribution < -0.4 is 5.73 Å². The lowest BCUT2D eigenvalue weighted by Crippen LogP contribution is -2.51. The summed E-state index contributed by atoms with van der Waals surface area (Å²) in [7, 11) is 1.42. The molecule has 1 atom stereocenters. The van der Waals surface area contributed by atoms with E-state index >= 15 is 0 Å². The van der Waals surface area contributed by atoms with Gasteiger partial charge in [0, 0.05) is 19.3 Å². The van der Waals surface area contributed by atoms with Gasteiger partial charge in [0.2, 0.25) is 5.95 Å².